The summed E-state index contributed by atoms with van der Waals surface area (Å²) in [5.41, 5.74) is 8.77. The molecule has 0 unspecified atom stereocenters. The molecular weight excluding hydrogens is 486 g/mol. The minimum atomic E-state index is 0.917. The minimum Gasteiger partial charge on any atom is -0.456 e. The van der Waals surface area contributed by atoms with E-state index in [2.05, 4.69) is 133 Å². The summed E-state index contributed by atoms with van der Waals surface area (Å²) in [5.74, 6) is 0. The normalized spacial score (nSPS) is 11.5. The molecule has 188 valence electrons. The molecule has 8 aromatic rings. The third-order valence-corrected chi connectivity index (χ3v) is 7.85. The number of furan rings is 1. The average molecular weight is 512 g/mol. The molecule has 0 spiro atoms. The quantitative estimate of drug-likeness (QED) is 0.238. The summed E-state index contributed by atoms with van der Waals surface area (Å²) >= 11 is 0. The zero-order valence-electron chi connectivity index (χ0n) is 21.8. The summed E-state index contributed by atoms with van der Waals surface area (Å²) in [5, 5.41) is 11.0. The Hall–Kier alpha value is -5.34. The second kappa shape index (κ2) is 9.14. The Morgan fingerprint density at radius 3 is 1.73 bits per heavy atom. The summed E-state index contributed by atoms with van der Waals surface area (Å²) in [6, 6.07) is 51.5. The van der Waals surface area contributed by atoms with Crippen molar-refractivity contribution >= 4 is 54.9 Å². The van der Waals surface area contributed by atoms with Gasteiger partial charge in [-0.05, 0) is 86.3 Å². The van der Waals surface area contributed by atoms with Crippen molar-refractivity contribution in [3.63, 3.8) is 0 Å². The van der Waals surface area contributed by atoms with E-state index < -0.39 is 0 Å². The maximum absolute atomic E-state index is 6.09. The minimum absolute atomic E-state index is 0.917. The van der Waals surface area contributed by atoms with Gasteiger partial charge in [-0.25, -0.2) is 0 Å². The third-order valence-electron chi connectivity index (χ3n) is 7.85. The topological polar surface area (TPSA) is 25.2 Å². The van der Waals surface area contributed by atoms with Crippen LogP contribution in [-0.2, 0) is 0 Å². The zero-order chi connectivity index (χ0) is 26.5. The van der Waals surface area contributed by atoms with Crippen molar-refractivity contribution in [2.24, 2.45) is 0 Å². The molecule has 0 fully saturated rings. The lowest BCUT2D eigenvalue weighted by molar-refractivity contribution is 0.669. The van der Waals surface area contributed by atoms with Gasteiger partial charge in [0.15, 0.2) is 0 Å². The molecule has 1 N–H and O–H groups in total. The second-order valence-electron chi connectivity index (χ2n) is 10.2. The molecule has 0 bridgehead atoms. The predicted molar refractivity (Wildman–Crippen MR) is 169 cm³/mol. The number of fused-ring (bicyclic) bond motifs is 6. The number of anilines is 2. The van der Waals surface area contributed by atoms with E-state index in [1.54, 1.807) is 0 Å². The van der Waals surface area contributed by atoms with Crippen molar-refractivity contribution in [3.05, 3.63) is 146 Å². The van der Waals surface area contributed by atoms with Crippen LogP contribution >= 0.6 is 0 Å². The van der Waals surface area contributed by atoms with E-state index in [0.29, 0.717) is 0 Å². The van der Waals surface area contributed by atoms with Gasteiger partial charge in [0.05, 0.1) is 0 Å². The van der Waals surface area contributed by atoms with E-state index in [1.807, 2.05) is 18.2 Å². The smallest absolute Gasteiger partial charge is 0.136 e. The van der Waals surface area contributed by atoms with Gasteiger partial charge >= 0.3 is 0 Å². The molecule has 2 heteroatoms. The fraction of sp³-hybridized carbons (Fsp3) is 0. The Labute approximate surface area is 232 Å². The Balaban J connectivity index is 1.10. The van der Waals surface area contributed by atoms with Gasteiger partial charge in [0.25, 0.3) is 0 Å². The fourth-order valence-electron chi connectivity index (χ4n) is 5.94. The molecule has 0 atom stereocenters. The van der Waals surface area contributed by atoms with Gasteiger partial charge in [0, 0.05) is 22.1 Å². The Morgan fingerprint density at radius 2 is 0.975 bits per heavy atom. The highest BCUT2D eigenvalue weighted by atomic mass is 16.3. The van der Waals surface area contributed by atoms with Crippen LogP contribution < -0.4 is 5.32 Å². The van der Waals surface area contributed by atoms with E-state index in [4.69, 9.17) is 4.42 Å². The van der Waals surface area contributed by atoms with Gasteiger partial charge < -0.3 is 9.73 Å². The van der Waals surface area contributed by atoms with Crippen LogP contribution in [0.5, 0.6) is 0 Å². The number of hydrogen-bond donors (Lipinski definition) is 1. The first kappa shape index (κ1) is 22.6. The van der Waals surface area contributed by atoms with Gasteiger partial charge in [-0.15, -0.1) is 0 Å². The molecule has 2 nitrogen and oxygen atoms in total. The van der Waals surface area contributed by atoms with E-state index >= 15 is 0 Å². The van der Waals surface area contributed by atoms with Crippen molar-refractivity contribution in [1.82, 2.24) is 0 Å². The highest BCUT2D eigenvalue weighted by molar-refractivity contribution is 6.14. The van der Waals surface area contributed by atoms with Gasteiger partial charge in [-0.1, -0.05) is 103 Å². The van der Waals surface area contributed by atoms with E-state index in [-0.39, 0.29) is 0 Å². The Kier molecular flexibility index (Phi) is 5.17. The largest absolute Gasteiger partial charge is 0.456 e. The number of hydrogen-bond acceptors (Lipinski definition) is 2. The molecular formula is C38H25NO. The summed E-state index contributed by atoms with van der Waals surface area (Å²) in [7, 11) is 0. The van der Waals surface area contributed by atoms with Crippen LogP contribution in [0.15, 0.2) is 150 Å². The fourth-order valence-corrected chi connectivity index (χ4v) is 5.94. The Morgan fingerprint density at radius 1 is 0.400 bits per heavy atom. The first-order valence-electron chi connectivity index (χ1n) is 13.6. The van der Waals surface area contributed by atoms with Gasteiger partial charge in [-0.3, -0.25) is 0 Å². The second-order valence-corrected chi connectivity index (χ2v) is 10.2. The average Bonchev–Trinajstić information content (AvgIpc) is 3.41. The maximum atomic E-state index is 6.09. The molecule has 0 aliphatic rings. The third kappa shape index (κ3) is 3.73. The molecule has 0 saturated carbocycles. The lowest BCUT2D eigenvalue weighted by Crippen LogP contribution is -1.91. The van der Waals surface area contributed by atoms with Crippen LogP contribution in [0.1, 0.15) is 0 Å². The zero-order valence-corrected chi connectivity index (χ0v) is 21.8. The number of para-hydroxylation sites is 1. The van der Waals surface area contributed by atoms with Crippen molar-refractivity contribution in [1.29, 1.82) is 0 Å². The van der Waals surface area contributed by atoms with Crippen molar-refractivity contribution in [2.45, 2.75) is 0 Å². The number of nitrogens with one attached hydrogen (secondary N) is 1. The van der Waals surface area contributed by atoms with Crippen molar-refractivity contribution in [2.75, 3.05) is 5.32 Å². The molecule has 0 amide bonds. The van der Waals surface area contributed by atoms with Crippen LogP contribution in [0.3, 0.4) is 0 Å². The molecule has 0 aliphatic heterocycles. The molecule has 0 radical (unpaired) electrons. The van der Waals surface area contributed by atoms with Crippen LogP contribution in [-0.4, -0.2) is 0 Å². The molecule has 0 saturated heterocycles. The van der Waals surface area contributed by atoms with Crippen LogP contribution in [0.2, 0.25) is 0 Å². The highest BCUT2D eigenvalue weighted by Gasteiger charge is 2.12. The summed E-state index contributed by atoms with van der Waals surface area (Å²) < 4.78 is 6.09. The van der Waals surface area contributed by atoms with Gasteiger partial charge in [0.2, 0.25) is 0 Å². The molecule has 8 rings (SSSR count). The first-order chi connectivity index (χ1) is 19.8. The molecule has 0 aliphatic carbocycles. The monoisotopic (exact) mass is 511 g/mol. The summed E-state index contributed by atoms with van der Waals surface area (Å²) in [4.78, 5) is 0. The van der Waals surface area contributed by atoms with Crippen molar-refractivity contribution in [3.8, 4) is 22.3 Å². The molecule has 1 heterocycles. The van der Waals surface area contributed by atoms with Crippen LogP contribution in [0, 0.1) is 0 Å². The molecule has 7 aromatic carbocycles. The highest BCUT2D eigenvalue weighted by Crippen LogP contribution is 2.38. The lowest BCUT2D eigenvalue weighted by atomic mass is 9.93. The molecule has 1 aromatic heterocycles. The number of rotatable bonds is 4. The van der Waals surface area contributed by atoms with Crippen LogP contribution in [0.4, 0.5) is 11.4 Å². The summed E-state index contributed by atoms with van der Waals surface area (Å²) in [6.45, 7) is 0. The van der Waals surface area contributed by atoms with E-state index in [1.165, 1.54) is 43.8 Å². The SMILES string of the molecule is c1ccc2c(c1)cc(-c1ccc(Nc3ccc(-c4cccc5oc6ccccc6c45)cc3)cc1)c1ccccc12. The first-order valence-corrected chi connectivity index (χ1v) is 13.6. The van der Waals surface area contributed by atoms with Crippen molar-refractivity contribution < 1.29 is 4.42 Å². The predicted octanol–water partition coefficient (Wildman–Crippen LogP) is 11.0. The van der Waals surface area contributed by atoms with Gasteiger partial charge in [0.1, 0.15) is 11.2 Å². The Bertz CT molecular complexity index is 2170. The lowest BCUT2D eigenvalue weighted by Gasteiger charge is -2.12. The summed E-state index contributed by atoms with van der Waals surface area (Å²) in [6.07, 6.45) is 0. The van der Waals surface area contributed by atoms with Gasteiger partial charge in [-0.2, -0.15) is 0 Å². The van der Waals surface area contributed by atoms with E-state index in [0.717, 1.165) is 33.3 Å². The standard InChI is InChI=1S/C38H25NO/c1-2-9-30-27(8-1)24-35(33-11-4-3-10-32(30)33)26-18-22-29(23-19-26)39-28-20-16-25(17-21-28)31-13-7-15-37-38(31)34-12-5-6-14-36(34)40-37/h1-24,39H. The van der Waals surface area contributed by atoms with Crippen LogP contribution in [0.25, 0.3) is 65.7 Å². The van der Waals surface area contributed by atoms with E-state index in [9.17, 15) is 0 Å². The molecule has 40 heavy (non-hydrogen) atoms. The number of benzene rings is 7. The maximum Gasteiger partial charge on any atom is 0.136 e.